The molecule has 0 N–H and O–H groups in total. The van der Waals surface area contributed by atoms with Crippen LogP contribution in [0.15, 0.2) is 36.9 Å². The van der Waals surface area contributed by atoms with Gasteiger partial charge in [-0.1, -0.05) is 18.2 Å². The molecule has 0 saturated heterocycles. The van der Waals surface area contributed by atoms with Crippen LogP contribution in [-0.4, -0.2) is 24.4 Å². The lowest BCUT2D eigenvalue weighted by molar-refractivity contribution is 0.101. The van der Waals surface area contributed by atoms with Gasteiger partial charge in [0.2, 0.25) is 0 Å². The van der Waals surface area contributed by atoms with E-state index in [0.29, 0.717) is 17.1 Å². The molecule has 0 heterocycles. The van der Waals surface area contributed by atoms with Crippen molar-refractivity contribution in [3.8, 4) is 5.75 Å². The van der Waals surface area contributed by atoms with E-state index in [0.717, 1.165) is 5.75 Å². The number of hydrogen-bond donors (Lipinski definition) is 0. The number of Topliss-reactive ketones (excluding diaryl/α,β-unsaturated/α-hetero) is 1. The van der Waals surface area contributed by atoms with Gasteiger partial charge in [0.25, 0.3) is 0 Å². The average Bonchev–Trinajstić information content (AvgIpc) is 2.29. The molecule has 0 aliphatic carbocycles. The maximum Gasteiger partial charge on any atom is 0.176 e. The van der Waals surface area contributed by atoms with Gasteiger partial charge < -0.3 is 4.74 Å². The Hall–Kier alpha value is -1.22. The Morgan fingerprint density at radius 3 is 2.93 bits per heavy atom. The van der Waals surface area contributed by atoms with Gasteiger partial charge in [0.1, 0.15) is 5.75 Å². The van der Waals surface area contributed by atoms with Crippen LogP contribution in [0.5, 0.6) is 5.75 Å². The third kappa shape index (κ3) is 3.44. The molecule has 2 nitrogen and oxygen atoms in total. The molecule has 0 fully saturated rings. The van der Waals surface area contributed by atoms with E-state index in [-0.39, 0.29) is 5.78 Å². The quantitative estimate of drug-likeness (QED) is 0.420. The van der Waals surface area contributed by atoms with Crippen molar-refractivity contribution < 1.29 is 9.53 Å². The molecule has 0 atom stereocenters. The summed E-state index contributed by atoms with van der Waals surface area (Å²) in [5, 5.41) is 0. The molecule has 1 aromatic rings. The van der Waals surface area contributed by atoms with Crippen LogP contribution in [0.25, 0.3) is 0 Å². The van der Waals surface area contributed by atoms with E-state index < -0.39 is 0 Å². The fraction of sp³-hybridized carbons (Fsp3) is 0.250. The van der Waals surface area contributed by atoms with E-state index >= 15 is 0 Å². The Morgan fingerprint density at radius 2 is 2.27 bits per heavy atom. The molecule has 0 radical (unpaired) electrons. The lowest BCUT2D eigenvalue weighted by Gasteiger charge is -2.06. The smallest absolute Gasteiger partial charge is 0.176 e. The van der Waals surface area contributed by atoms with Crippen LogP contribution >= 0.6 is 11.8 Å². The number of methoxy groups -OCH3 is 1. The van der Waals surface area contributed by atoms with Crippen LogP contribution in [-0.2, 0) is 0 Å². The number of ether oxygens (including phenoxy) is 1. The van der Waals surface area contributed by atoms with Gasteiger partial charge in [0, 0.05) is 5.75 Å². The lowest BCUT2D eigenvalue weighted by atomic mass is 10.1. The number of carbonyl (C=O) groups is 1. The molecule has 0 spiro atoms. The monoisotopic (exact) mass is 222 g/mol. The highest BCUT2D eigenvalue weighted by molar-refractivity contribution is 8.00. The fourth-order valence-electron chi connectivity index (χ4n) is 1.19. The van der Waals surface area contributed by atoms with Crippen LogP contribution in [0, 0.1) is 0 Å². The first-order chi connectivity index (χ1) is 7.29. The number of hydrogen-bond acceptors (Lipinski definition) is 3. The minimum Gasteiger partial charge on any atom is -0.496 e. The van der Waals surface area contributed by atoms with Crippen LogP contribution in [0.2, 0.25) is 0 Å². The fourth-order valence-corrected chi connectivity index (χ4v) is 1.81. The standard InChI is InChI=1S/C12H14O2S/c1-3-8-15-9-11(13)10-6-4-5-7-12(10)14-2/h3-7H,1,8-9H2,2H3. The first-order valence-electron chi connectivity index (χ1n) is 4.64. The Labute approximate surface area is 94.3 Å². The zero-order valence-corrected chi connectivity index (χ0v) is 9.55. The van der Waals surface area contributed by atoms with E-state index in [4.69, 9.17) is 4.74 Å². The molecule has 1 aromatic carbocycles. The molecule has 0 unspecified atom stereocenters. The third-order valence-corrected chi connectivity index (χ3v) is 2.81. The van der Waals surface area contributed by atoms with Crippen molar-refractivity contribution in [1.82, 2.24) is 0 Å². The summed E-state index contributed by atoms with van der Waals surface area (Å²) in [5.74, 6) is 1.99. The minimum atomic E-state index is 0.0966. The van der Waals surface area contributed by atoms with Crippen molar-refractivity contribution in [2.75, 3.05) is 18.6 Å². The van der Waals surface area contributed by atoms with Crippen molar-refractivity contribution in [1.29, 1.82) is 0 Å². The minimum absolute atomic E-state index is 0.0966. The Morgan fingerprint density at radius 1 is 1.53 bits per heavy atom. The number of thioether (sulfide) groups is 1. The Kier molecular flexibility index (Phi) is 4.98. The molecule has 0 aromatic heterocycles. The molecule has 0 saturated carbocycles. The third-order valence-electron chi connectivity index (χ3n) is 1.88. The molecule has 0 aliphatic rings. The van der Waals surface area contributed by atoms with Crippen molar-refractivity contribution in [2.45, 2.75) is 0 Å². The van der Waals surface area contributed by atoms with Gasteiger partial charge in [0.05, 0.1) is 18.4 Å². The molecule has 0 aliphatic heterocycles. The van der Waals surface area contributed by atoms with Crippen molar-refractivity contribution in [2.24, 2.45) is 0 Å². The average molecular weight is 222 g/mol. The molecule has 3 heteroatoms. The number of rotatable bonds is 6. The first-order valence-corrected chi connectivity index (χ1v) is 5.80. The highest BCUT2D eigenvalue weighted by atomic mass is 32.2. The van der Waals surface area contributed by atoms with Crippen molar-refractivity contribution in [3.05, 3.63) is 42.5 Å². The lowest BCUT2D eigenvalue weighted by Crippen LogP contribution is -2.04. The van der Waals surface area contributed by atoms with Gasteiger partial charge in [-0.25, -0.2) is 0 Å². The Bertz CT molecular complexity index is 347. The molecular formula is C12H14O2S. The van der Waals surface area contributed by atoms with E-state index in [9.17, 15) is 4.79 Å². The highest BCUT2D eigenvalue weighted by Gasteiger charge is 2.10. The van der Waals surface area contributed by atoms with E-state index in [1.165, 1.54) is 0 Å². The van der Waals surface area contributed by atoms with E-state index in [2.05, 4.69) is 6.58 Å². The van der Waals surface area contributed by atoms with Crippen LogP contribution < -0.4 is 4.74 Å². The molecule has 0 amide bonds. The second-order valence-electron chi connectivity index (χ2n) is 2.93. The predicted octanol–water partition coefficient (Wildman–Crippen LogP) is 2.80. The van der Waals surface area contributed by atoms with Gasteiger partial charge in [-0.05, 0) is 12.1 Å². The molecule has 0 bridgehead atoms. The zero-order chi connectivity index (χ0) is 11.1. The molecule has 1 rings (SSSR count). The van der Waals surface area contributed by atoms with Gasteiger partial charge in [-0.15, -0.1) is 18.3 Å². The van der Waals surface area contributed by atoms with E-state index in [1.54, 1.807) is 37.1 Å². The highest BCUT2D eigenvalue weighted by Crippen LogP contribution is 2.19. The second-order valence-corrected chi connectivity index (χ2v) is 3.96. The van der Waals surface area contributed by atoms with Crippen molar-refractivity contribution >= 4 is 17.5 Å². The number of ketones is 1. The van der Waals surface area contributed by atoms with Crippen LogP contribution in [0.1, 0.15) is 10.4 Å². The zero-order valence-electron chi connectivity index (χ0n) is 8.73. The normalized spacial score (nSPS) is 9.67. The predicted molar refractivity (Wildman–Crippen MR) is 64.8 cm³/mol. The summed E-state index contributed by atoms with van der Waals surface area (Å²) in [4.78, 5) is 11.8. The summed E-state index contributed by atoms with van der Waals surface area (Å²) in [5.41, 5.74) is 0.650. The maximum atomic E-state index is 11.8. The molecule has 80 valence electrons. The van der Waals surface area contributed by atoms with Crippen molar-refractivity contribution in [3.63, 3.8) is 0 Å². The van der Waals surface area contributed by atoms with E-state index in [1.807, 2.05) is 12.1 Å². The summed E-state index contributed by atoms with van der Waals surface area (Å²) >= 11 is 1.55. The van der Waals surface area contributed by atoms with Crippen LogP contribution in [0.4, 0.5) is 0 Å². The second kappa shape index (κ2) is 6.30. The van der Waals surface area contributed by atoms with Gasteiger partial charge in [0.15, 0.2) is 5.78 Å². The SMILES string of the molecule is C=CCSCC(=O)c1ccccc1OC. The summed E-state index contributed by atoms with van der Waals surface area (Å²) < 4.78 is 5.12. The van der Waals surface area contributed by atoms with Crippen LogP contribution in [0.3, 0.4) is 0 Å². The molecule has 15 heavy (non-hydrogen) atoms. The van der Waals surface area contributed by atoms with Gasteiger partial charge in [-0.3, -0.25) is 4.79 Å². The largest absolute Gasteiger partial charge is 0.496 e. The Balaban J connectivity index is 2.68. The first kappa shape index (κ1) is 11.9. The number of carbonyl (C=O) groups excluding carboxylic acids is 1. The van der Waals surface area contributed by atoms with Gasteiger partial charge in [-0.2, -0.15) is 0 Å². The number of para-hydroxylation sites is 1. The summed E-state index contributed by atoms with van der Waals surface area (Å²) in [6.45, 7) is 3.61. The molecular weight excluding hydrogens is 208 g/mol. The summed E-state index contributed by atoms with van der Waals surface area (Å²) in [6.07, 6.45) is 1.79. The number of benzene rings is 1. The summed E-state index contributed by atoms with van der Waals surface area (Å²) in [6, 6.07) is 7.28. The maximum absolute atomic E-state index is 11.8. The summed E-state index contributed by atoms with van der Waals surface area (Å²) in [7, 11) is 1.57. The topological polar surface area (TPSA) is 26.3 Å². The van der Waals surface area contributed by atoms with Gasteiger partial charge >= 0.3 is 0 Å².